The number of carbonyl (C=O) groups excluding carboxylic acids is 2. The Hall–Kier alpha value is -2.34. The van der Waals surface area contributed by atoms with Gasteiger partial charge in [0.05, 0.1) is 19.6 Å². The maximum atomic E-state index is 12.2. The first kappa shape index (κ1) is 19.0. The number of amides is 1. The number of benzene rings is 2. The Labute approximate surface area is 155 Å². The quantitative estimate of drug-likeness (QED) is 0.715. The van der Waals surface area contributed by atoms with Gasteiger partial charge in [-0.3, -0.25) is 9.59 Å². The molecule has 2 aromatic carbocycles. The van der Waals surface area contributed by atoms with Crippen molar-refractivity contribution in [3.05, 3.63) is 64.1 Å². The van der Waals surface area contributed by atoms with Crippen molar-refractivity contribution in [2.75, 3.05) is 13.7 Å². The summed E-state index contributed by atoms with van der Waals surface area (Å²) in [5.74, 6) is -0.0843. The first-order valence-corrected chi connectivity index (χ1v) is 8.58. The van der Waals surface area contributed by atoms with Crippen molar-refractivity contribution in [1.29, 1.82) is 0 Å². The Morgan fingerprint density at radius 1 is 1.08 bits per heavy atom. The summed E-state index contributed by atoms with van der Waals surface area (Å²) in [6.45, 7) is 1.85. The first-order chi connectivity index (χ1) is 12.0. The summed E-state index contributed by atoms with van der Waals surface area (Å²) in [5, 5.41) is 2.82. The predicted octanol–water partition coefficient (Wildman–Crippen LogP) is 3.56. The van der Waals surface area contributed by atoms with E-state index in [0.29, 0.717) is 5.75 Å². The molecule has 0 aliphatic heterocycles. The molecule has 0 heterocycles. The minimum atomic E-state index is -0.477. The van der Waals surface area contributed by atoms with E-state index in [4.69, 9.17) is 9.47 Å². The van der Waals surface area contributed by atoms with E-state index in [2.05, 4.69) is 21.2 Å². The number of ether oxygens (including phenoxy) is 2. The summed E-state index contributed by atoms with van der Waals surface area (Å²) in [7, 11) is 1.32. The molecule has 2 aromatic rings. The highest BCUT2D eigenvalue weighted by Crippen LogP contribution is 2.20. The maximum absolute atomic E-state index is 12.2. The van der Waals surface area contributed by atoms with Crippen LogP contribution in [0.4, 0.5) is 0 Å². The molecule has 1 unspecified atom stereocenters. The van der Waals surface area contributed by atoms with Crippen molar-refractivity contribution in [2.45, 2.75) is 19.4 Å². The van der Waals surface area contributed by atoms with Crippen LogP contribution in [0.3, 0.4) is 0 Å². The number of nitrogens with one attached hydrogen (secondary N) is 1. The second kappa shape index (κ2) is 9.22. The third-order valence-corrected chi connectivity index (χ3v) is 4.13. The largest absolute Gasteiger partial charge is 0.484 e. The van der Waals surface area contributed by atoms with Gasteiger partial charge in [0, 0.05) is 4.47 Å². The molecule has 1 N–H and O–H groups in total. The minimum absolute atomic E-state index is 0.0500. The molecule has 0 aliphatic carbocycles. The van der Waals surface area contributed by atoms with E-state index in [1.54, 1.807) is 0 Å². The topological polar surface area (TPSA) is 64.6 Å². The molecule has 132 valence electrons. The molecule has 0 aromatic heterocycles. The highest BCUT2D eigenvalue weighted by Gasteiger charge is 2.19. The molecular weight excluding hydrogens is 386 g/mol. The second-order valence-corrected chi connectivity index (χ2v) is 6.47. The van der Waals surface area contributed by atoms with Crippen LogP contribution < -0.4 is 10.1 Å². The fraction of sp³-hybridized carbons (Fsp3) is 0.263. The Kier molecular flexibility index (Phi) is 7.01. The van der Waals surface area contributed by atoms with Gasteiger partial charge in [-0.25, -0.2) is 0 Å². The lowest BCUT2D eigenvalue weighted by atomic mass is 10.0. The van der Waals surface area contributed by atoms with Crippen molar-refractivity contribution in [2.24, 2.45) is 0 Å². The summed E-state index contributed by atoms with van der Waals surface area (Å²) < 4.78 is 11.1. The average Bonchev–Trinajstić information content (AvgIpc) is 2.61. The second-order valence-electron chi connectivity index (χ2n) is 5.55. The molecule has 0 radical (unpaired) electrons. The number of halogens is 1. The van der Waals surface area contributed by atoms with Crippen molar-refractivity contribution in [3.63, 3.8) is 0 Å². The zero-order valence-electron chi connectivity index (χ0n) is 14.1. The predicted molar refractivity (Wildman–Crippen MR) is 98.3 cm³/mol. The number of esters is 1. The van der Waals surface area contributed by atoms with Crippen LogP contribution in [0, 0.1) is 6.92 Å². The summed E-state index contributed by atoms with van der Waals surface area (Å²) in [6, 6.07) is 14.4. The SMILES string of the molecule is COC(=O)CC(NC(=O)COc1ccc(C)cc1)c1ccc(Br)cc1. The van der Waals surface area contributed by atoms with E-state index >= 15 is 0 Å². The molecule has 0 saturated carbocycles. The molecule has 25 heavy (non-hydrogen) atoms. The Bertz CT molecular complexity index is 713. The van der Waals surface area contributed by atoms with Crippen LogP contribution in [0.25, 0.3) is 0 Å². The monoisotopic (exact) mass is 405 g/mol. The van der Waals surface area contributed by atoms with E-state index in [1.807, 2.05) is 55.5 Å². The van der Waals surface area contributed by atoms with Crippen LogP contribution in [-0.4, -0.2) is 25.6 Å². The number of rotatable bonds is 7. The highest BCUT2D eigenvalue weighted by molar-refractivity contribution is 9.10. The van der Waals surface area contributed by atoms with Crippen molar-refractivity contribution in [3.8, 4) is 5.75 Å². The lowest BCUT2D eigenvalue weighted by molar-refractivity contribution is -0.141. The smallest absolute Gasteiger partial charge is 0.307 e. The lowest BCUT2D eigenvalue weighted by Crippen LogP contribution is -2.34. The van der Waals surface area contributed by atoms with E-state index in [-0.39, 0.29) is 18.9 Å². The third kappa shape index (κ3) is 6.23. The molecule has 0 spiro atoms. The van der Waals surface area contributed by atoms with Crippen LogP contribution in [0.1, 0.15) is 23.6 Å². The number of methoxy groups -OCH3 is 1. The fourth-order valence-electron chi connectivity index (χ4n) is 2.22. The van der Waals surface area contributed by atoms with E-state index in [0.717, 1.165) is 15.6 Å². The van der Waals surface area contributed by atoms with Gasteiger partial charge >= 0.3 is 5.97 Å². The molecule has 6 heteroatoms. The van der Waals surface area contributed by atoms with E-state index in [1.165, 1.54) is 7.11 Å². The summed E-state index contributed by atoms with van der Waals surface area (Å²) in [4.78, 5) is 23.8. The Morgan fingerprint density at radius 2 is 1.72 bits per heavy atom. The van der Waals surface area contributed by atoms with Gasteiger partial charge in [-0.2, -0.15) is 0 Å². The molecule has 1 atom stereocenters. The van der Waals surface area contributed by atoms with Crippen LogP contribution >= 0.6 is 15.9 Å². The number of carbonyl (C=O) groups is 2. The summed E-state index contributed by atoms with van der Waals surface area (Å²) >= 11 is 3.37. The van der Waals surface area contributed by atoms with Crippen LogP contribution in [-0.2, 0) is 14.3 Å². The average molecular weight is 406 g/mol. The van der Waals surface area contributed by atoms with Crippen molar-refractivity contribution in [1.82, 2.24) is 5.32 Å². The molecule has 2 rings (SSSR count). The van der Waals surface area contributed by atoms with Gasteiger partial charge in [-0.1, -0.05) is 45.8 Å². The fourth-order valence-corrected chi connectivity index (χ4v) is 2.48. The minimum Gasteiger partial charge on any atom is -0.484 e. The molecule has 0 saturated heterocycles. The standard InChI is InChI=1S/C19H20BrNO4/c1-13-3-9-16(10-4-13)25-12-18(22)21-17(11-19(23)24-2)14-5-7-15(20)8-6-14/h3-10,17H,11-12H2,1-2H3,(H,21,22). The molecule has 0 aliphatic rings. The zero-order valence-corrected chi connectivity index (χ0v) is 15.7. The Morgan fingerprint density at radius 3 is 2.32 bits per heavy atom. The van der Waals surface area contributed by atoms with Crippen molar-refractivity contribution < 1.29 is 19.1 Å². The van der Waals surface area contributed by atoms with Crippen molar-refractivity contribution >= 4 is 27.8 Å². The van der Waals surface area contributed by atoms with Gasteiger partial charge in [-0.15, -0.1) is 0 Å². The summed E-state index contributed by atoms with van der Waals surface area (Å²) in [5.41, 5.74) is 1.93. The molecule has 5 nitrogen and oxygen atoms in total. The number of aryl methyl sites for hydroxylation is 1. The number of hydrogen-bond acceptors (Lipinski definition) is 4. The van der Waals surface area contributed by atoms with Crippen LogP contribution in [0.15, 0.2) is 53.0 Å². The highest BCUT2D eigenvalue weighted by atomic mass is 79.9. The Balaban J connectivity index is 1.99. The molecule has 0 bridgehead atoms. The third-order valence-electron chi connectivity index (χ3n) is 3.60. The maximum Gasteiger partial charge on any atom is 0.307 e. The van der Waals surface area contributed by atoms with Gasteiger partial charge in [0.2, 0.25) is 0 Å². The van der Waals surface area contributed by atoms with Gasteiger partial charge < -0.3 is 14.8 Å². The molecule has 1 amide bonds. The van der Waals surface area contributed by atoms with Gasteiger partial charge in [0.15, 0.2) is 6.61 Å². The number of hydrogen-bond donors (Lipinski definition) is 1. The van der Waals surface area contributed by atoms with Gasteiger partial charge in [0.1, 0.15) is 5.75 Å². The summed E-state index contributed by atoms with van der Waals surface area (Å²) in [6.07, 6.45) is 0.0500. The van der Waals surface area contributed by atoms with E-state index < -0.39 is 12.0 Å². The molecule has 0 fully saturated rings. The first-order valence-electron chi connectivity index (χ1n) is 7.79. The molecular formula is C19H20BrNO4. The van der Waals surface area contributed by atoms with E-state index in [9.17, 15) is 9.59 Å². The lowest BCUT2D eigenvalue weighted by Gasteiger charge is -2.18. The van der Waals surface area contributed by atoms with Gasteiger partial charge in [0.25, 0.3) is 5.91 Å². The van der Waals surface area contributed by atoms with Crippen LogP contribution in [0.5, 0.6) is 5.75 Å². The van der Waals surface area contributed by atoms with Crippen LogP contribution in [0.2, 0.25) is 0 Å². The zero-order chi connectivity index (χ0) is 18.2. The van der Waals surface area contributed by atoms with Gasteiger partial charge in [-0.05, 0) is 36.8 Å². The normalized spacial score (nSPS) is 11.5.